The molecule has 0 atom stereocenters. The van der Waals surface area contributed by atoms with E-state index >= 15 is 0 Å². The third-order valence-corrected chi connectivity index (χ3v) is 5.75. The summed E-state index contributed by atoms with van der Waals surface area (Å²) >= 11 is 6.56. The number of nitrogens with zero attached hydrogens (tertiary/aromatic N) is 2. The van der Waals surface area contributed by atoms with Gasteiger partial charge in [0.2, 0.25) is 5.91 Å². The summed E-state index contributed by atoms with van der Waals surface area (Å²) < 4.78 is 5.77. The molecule has 0 radical (unpaired) electrons. The molecule has 1 aromatic rings. The van der Waals surface area contributed by atoms with E-state index in [9.17, 15) is 9.59 Å². The Labute approximate surface area is 162 Å². The van der Waals surface area contributed by atoms with E-state index in [1.54, 1.807) is 29.4 Å². The highest BCUT2D eigenvalue weighted by Crippen LogP contribution is 2.32. The fraction of sp³-hybridized carbons (Fsp3) is 0.471. The van der Waals surface area contributed by atoms with Gasteiger partial charge in [0, 0.05) is 19.0 Å². The molecular formula is C17H23N4O3S2+. The van der Waals surface area contributed by atoms with Crippen LogP contribution in [-0.4, -0.2) is 65.8 Å². The van der Waals surface area contributed by atoms with Gasteiger partial charge in [0.1, 0.15) is 10.1 Å². The van der Waals surface area contributed by atoms with Gasteiger partial charge in [0.25, 0.3) is 5.91 Å². The van der Waals surface area contributed by atoms with Gasteiger partial charge >= 0.3 is 0 Å². The Morgan fingerprint density at radius 1 is 1.46 bits per heavy atom. The van der Waals surface area contributed by atoms with Crippen molar-refractivity contribution in [2.75, 3.05) is 39.8 Å². The largest absolute Gasteiger partial charge is 0.465 e. The molecule has 0 unspecified atom stereocenters. The Balaban J connectivity index is 1.43. The van der Waals surface area contributed by atoms with E-state index in [0.29, 0.717) is 34.4 Å². The van der Waals surface area contributed by atoms with Crippen LogP contribution in [0.2, 0.25) is 0 Å². The normalized spacial score (nSPS) is 21.0. The Morgan fingerprint density at radius 3 is 2.92 bits per heavy atom. The number of hydrogen-bond acceptors (Lipinski definition) is 6. The Bertz CT molecular complexity index is 697. The van der Waals surface area contributed by atoms with Crippen LogP contribution in [0.25, 0.3) is 6.08 Å². The first-order valence-corrected chi connectivity index (χ1v) is 9.90. The van der Waals surface area contributed by atoms with E-state index < -0.39 is 0 Å². The van der Waals surface area contributed by atoms with Crippen LogP contribution in [0.15, 0.2) is 27.7 Å². The van der Waals surface area contributed by atoms with Crippen LogP contribution in [0.5, 0.6) is 0 Å². The van der Waals surface area contributed by atoms with Crippen LogP contribution in [0.3, 0.4) is 0 Å². The van der Waals surface area contributed by atoms with Crippen molar-refractivity contribution in [3.63, 3.8) is 0 Å². The minimum Gasteiger partial charge on any atom is -0.465 e. The molecule has 0 bridgehead atoms. The van der Waals surface area contributed by atoms with Gasteiger partial charge < -0.3 is 9.32 Å². The zero-order valence-corrected chi connectivity index (χ0v) is 16.3. The Hall–Kier alpha value is -1.68. The molecule has 2 saturated heterocycles. The first-order valence-electron chi connectivity index (χ1n) is 8.67. The number of hydrazine groups is 1. The summed E-state index contributed by atoms with van der Waals surface area (Å²) in [5.41, 5.74) is 2.94. The number of amides is 2. The average molecular weight is 396 g/mol. The molecule has 2 fully saturated rings. The molecule has 0 aliphatic carbocycles. The molecular weight excluding hydrogens is 372 g/mol. The van der Waals surface area contributed by atoms with Crippen LogP contribution < -0.4 is 10.3 Å². The number of furan rings is 1. The van der Waals surface area contributed by atoms with E-state index in [1.165, 1.54) is 16.7 Å². The Kier molecular flexibility index (Phi) is 6.47. The lowest BCUT2D eigenvalue weighted by atomic mass is 10.2. The van der Waals surface area contributed by atoms with Gasteiger partial charge in [-0.2, -0.15) is 0 Å². The maximum atomic E-state index is 12.5. The summed E-state index contributed by atoms with van der Waals surface area (Å²) in [5.74, 6) is 0.485. The molecule has 2 N–H and O–H groups in total. The molecule has 9 heteroatoms. The van der Waals surface area contributed by atoms with Crippen LogP contribution >= 0.6 is 24.0 Å². The Morgan fingerprint density at radius 2 is 2.23 bits per heavy atom. The molecule has 3 rings (SSSR count). The molecule has 1 aromatic heterocycles. The minimum atomic E-state index is -0.126. The van der Waals surface area contributed by atoms with Gasteiger partial charge in [-0.05, 0) is 18.6 Å². The quantitative estimate of drug-likeness (QED) is 0.527. The van der Waals surface area contributed by atoms with E-state index in [1.807, 2.05) is 5.01 Å². The summed E-state index contributed by atoms with van der Waals surface area (Å²) in [7, 11) is 2.15. The average Bonchev–Trinajstić information content (AvgIpc) is 3.21. The molecule has 0 saturated carbocycles. The molecule has 2 aliphatic heterocycles. The van der Waals surface area contributed by atoms with Gasteiger partial charge in [-0.15, -0.1) is 0 Å². The number of piperazine rings is 1. The number of rotatable bonds is 6. The summed E-state index contributed by atoms with van der Waals surface area (Å²) in [6, 6.07) is 3.56. The monoisotopic (exact) mass is 395 g/mol. The predicted molar refractivity (Wildman–Crippen MR) is 104 cm³/mol. The lowest BCUT2D eigenvalue weighted by molar-refractivity contribution is -0.884. The fourth-order valence-corrected chi connectivity index (χ4v) is 4.11. The second-order valence-corrected chi connectivity index (χ2v) is 8.11. The molecule has 140 valence electrons. The second-order valence-electron chi connectivity index (χ2n) is 6.43. The number of nitrogens with one attached hydrogen (secondary N) is 2. The fourth-order valence-electron chi connectivity index (χ4n) is 2.83. The van der Waals surface area contributed by atoms with Gasteiger partial charge in [-0.1, -0.05) is 24.0 Å². The second kappa shape index (κ2) is 8.81. The van der Waals surface area contributed by atoms with Gasteiger partial charge in [-0.3, -0.25) is 19.9 Å². The van der Waals surface area contributed by atoms with Crippen molar-refractivity contribution in [2.45, 2.75) is 12.8 Å². The molecule has 26 heavy (non-hydrogen) atoms. The highest BCUT2D eigenvalue weighted by molar-refractivity contribution is 8.26. The summed E-state index contributed by atoms with van der Waals surface area (Å²) in [4.78, 5) is 28.1. The van der Waals surface area contributed by atoms with E-state index in [4.69, 9.17) is 16.6 Å². The van der Waals surface area contributed by atoms with E-state index in [2.05, 4.69) is 12.5 Å². The third kappa shape index (κ3) is 4.94. The summed E-state index contributed by atoms with van der Waals surface area (Å²) in [6.07, 6.45) is 4.20. The maximum absolute atomic E-state index is 12.5. The third-order valence-electron chi connectivity index (χ3n) is 4.38. The lowest BCUT2D eigenvalue weighted by Crippen LogP contribution is -3.12. The smallest absolute Gasteiger partial charge is 0.266 e. The van der Waals surface area contributed by atoms with Crippen LogP contribution in [-0.2, 0) is 9.59 Å². The molecule has 0 aromatic carbocycles. The number of thioether (sulfide) groups is 1. The van der Waals surface area contributed by atoms with Gasteiger partial charge in [-0.25, -0.2) is 5.01 Å². The number of likely N-dealkylation sites (N-methyl/N-ethyl adjacent to an activating group) is 1. The van der Waals surface area contributed by atoms with Crippen molar-refractivity contribution >= 4 is 46.2 Å². The summed E-state index contributed by atoms with van der Waals surface area (Å²) in [6.45, 7) is 4.23. The number of carbonyl (C=O) groups excluding carboxylic acids is 2. The van der Waals surface area contributed by atoms with Crippen molar-refractivity contribution in [3.8, 4) is 0 Å². The van der Waals surface area contributed by atoms with E-state index in [0.717, 1.165) is 26.2 Å². The molecule has 3 heterocycles. The first kappa shape index (κ1) is 19.1. The number of thiocarbonyl (C=S) groups is 1. The number of carbonyl (C=O) groups is 2. The standard InChI is InChI=1S/C17H22N4O3S2/c1-19-7-9-20(10-8-19)18-15(22)5-2-6-21-16(23)14(26-17(21)25)12-13-4-3-11-24-13/h3-4,11-12H,2,5-10H2,1H3,(H,18,22)/p+1. The number of quaternary nitrogens is 1. The summed E-state index contributed by atoms with van der Waals surface area (Å²) in [5, 5.41) is 1.97. The molecule has 2 amide bonds. The van der Waals surface area contributed by atoms with Crippen LogP contribution in [0.1, 0.15) is 18.6 Å². The van der Waals surface area contributed by atoms with Crippen LogP contribution in [0, 0.1) is 0 Å². The highest BCUT2D eigenvalue weighted by atomic mass is 32.2. The van der Waals surface area contributed by atoms with Crippen LogP contribution in [0.4, 0.5) is 0 Å². The SMILES string of the molecule is C[NH+]1CCN(NC(=O)CCCN2C(=O)C(=Cc3ccco3)SC2=S)CC1. The molecule has 7 nitrogen and oxygen atoms in total. The zero-order chi connectivity index (χ0) is 18.5. The van der Waals surface area contributed by atoms with Gasteiger partial charge in [0.15, 0.2) is 0 Å². The zero-order valence-electron chi connectivity index (χ0n) is 14.7. The van der Waals surface area contributed by atoms with E-state index in [-0.39, 0.29) is 11.8 Å². The van der Waals surface area contributed by atoms with Crippen molar-refractivity contribution < 1.29 is 18.9 Å². The van der Waals surface area contributed by atoms with Crippen molar-refractivity contribution in [1.29, 1.82) is 0 Å². The van der Waals surface area contributed by atoms with Crippen molar-refractivity contribution in [3.05, 3.63) is 29.1 Å². The van der Waals surface area contributed by atoms with Gasteiger partial charge in [0.05, 0.1) is 44.4 Å². The number of hydrogen-bond donors (Lipinski definition) is 2. The molecule has 2 aliphatic rings. The van der Waals surface area contributed by atoms with Crippen molar-refractivity contribution in [1.82, 2.24) is 15.3 Å². The lowest BCUT2D eigenvalue weighted by Gasteiger charge is -2.30. The highest BCUT2D eigenvalue weighted by Gasteiger charge is 2.32. The first-order chi connectivity index (χ1) is 12.5. The maximum Gasteiger partial charge on any atom is 0.266 e. The topological polar surface area (TPSA) is 70.2 Å². The minimum absolute atomic E-state index is 0.0129. The van der Waals surface area contributed by atoms with Crippen molar-refractivity contribution in [2.24, 2.45) is 0 Å². The predicted octanol–water partition coefficient (Wildman–Crippen LogP) is 0.123. The molecule has 0 spiro atoms.